The summed E-state index contributed by atoms with van der Waals surface area (Å²) in [6.07, 6.45) is 2.33. The molecule has 1 aromatic heterocycles. The van der Waals surface area contributed by atoms with E-state index in [0.717, 1.165) is 11.3 Å². The van der Waals surface area contributed by atoms with Crippen LogP contribution in [-0.4, -0.2) is 16.9 Å². The van der Waals surface area contributed by atoms with Gasteiger partial charge in [-0.1, -0.05) is 24.6 Å². The second-order valence-corrected chi connectivity index (χ2v) is 5.70. The van der Waals surface area contributed by atoms with Crippen LogP contribution < -0.4 is 10.6 Å². The summed E-state index contributed by atoms with van der Waals surface area (Å²) in [5, 5.41) is 9.10. The first-order chi connectivity index (χ1) is 9.60. The van der Waals surface area contributed by atoms with Crippen LogP contribution in [-0.2, 0) is 4.79 Å². The van der Waals surface area contributed by atoms with Gasteiger partial charge in [0.05, 0.1) is 0 Å². The molecular weight excluding hydrogens is 294 g/mol. The van der Waals surface area contributed by atoms with Gasteiger partial charge in [-0.15, -0.1) is 11.3 Å². The van der Waals surface area contributed by atoms with E-state index in [9.17, 15) is 4.79 Å². The summed E-state index contributed by atoms with van der Waals surface area (Å²) >= 11 is 7.48. The van der Waals surface area contributed by atoms with Gasteiger partial charge in [0.1, 0.15) is 6.04 Å². The maximum Gasteiger partial charge on any atom is 0.248 e. The van der Waals surface area contributed by atoms with Crippen molar-refractivity contribution in [2.75, 3.05) is 10.6 Å². The summed E-state index contributed by atoms with van der Waals surface area (Å²) in [5.41, 5.74) is 1.85. The van der Waals surface area contributed by atoms with Gasteiger partial charge in [0.2, 0.25) is 5.91 Å². The highest BCUT2D eigenvalue weighted by atomic mass is 35.5. The fourth-order valence-corrected chi connectivity index (χ4v) is 2.43. The third kappa shape index (κ3) is 3.71. The maximum atomic E-state index is 12.2. The highest BCUT2D eigenvalue weighted by Crippen LogP contribution is 2.21. The van der Waals surface area contributed by atoms with Crippen molar-refractivity contribution in [3.63, 3.8) is 0 Å². The number of hydrogen-bond donors (Lipinski definition) is 2. The Morgan fingerprint density at radius 2 is 2.30 bits per heavy atom. The Hall–Kier alpha value is -1.59. The molecule has 0 aliphatic heterocycles. The minimum atomic E-state index is -0.322. The molecule has 0 spiro atoms. The smallest absolute Gasteiger partial charge is 0.248 e. The maximum absolute atomic E-state index is 12.2. The van der Waals surface area contributed by atoms with Gasteiger partial charge in [0.15, 0.2) is 5.13 Å². The van der Waals surface area contributed by atoms with Crippen LogP contribution in [0, 0.1) is 6.92 Å². The molecule has 0 aliphatic carbocycles. The number of amides is 1. The Labute approximate surface area is 127 Å². The molecule has 2 N–H and O–H groups in total. The molecule has 0 saturated heterocycles. The lowest BCUT2D eigenvalue weighted by Crippen LogP contribution is -2.34. The minimum Gasteiger partial charge on any atom is -0.374 e. The monoisotopic (exact) mass is 309 g/mol. The van der Waals surface area contributed by atoms with E-state index >= 15 is 0 Å². The van der Waals surface area contributed by atoms with Crippen molar-refractivity contribution < 1.29 is 4.79 Å². The molecule has 0 radical (unpaired) electrons. The average molecular weight is 310 g/mol. The first kappa shape index (κ1) is 14.8. The standard InChI is InChI=1S/C14H16ClN3OS/c1-3-12(13(19)18-14-16-6-7-20-14)17-10-5-4-9(2)11(15)8-10/h4-8,12,17H,3H2,1-2H3,(H,16,18,19)/t12-/m0/s1. The van der Waals surface area contributed by atoms with Crippen molar-refractivity contribution in [3.8, 4) is 0 Å². The van der Waals surface area contributed by atoms with Gasteiger partial charge in [-0.3, -0.25) is 4.79 Å². The predicted molar refractivity (Wildman–Crippen MR) is 84.6 cm³/mol. The lowest BCUT2D eigenvalue weighted by atomic mass is 10.1. The van der Waals surface area contributed by atoms with Crippen LogP contribution in [0.2, 0.25) is 5.02 Å². The van der Waals surface area contributed by atoms with E-state index in [1.54, 1.807) is 6.20 Å². The normalized spacial score (nSPS) is 11.9. The molecule has 0 bridgehead atoms. The molecular formula is C14H16ClN3OS. The molecule has 1 heterocycles. The number of aromatic nitrogens is 1. The number of halogens is 1. The molecule has 1 atom stereocenters. The Balaban J connectivity index is 2.04. The summed E-state index contributed by atoms with van der Waals surface area (Å²) < 4.78 is 0. The van der Waals surface area contributed by atoms with Gasteiger partial charge in [-0.05, 0) is 31.0 Å². The van der Waals surface area contributed by atoms with E-state index in [1.807, 2.05) is 37.4 Å². The molecule has 1 amide bonds. The molecule has 2 aromatic rings. The van der Waals surface area contributed by atoms with Crippen LogP contribution in [0.15, 0.2) is 29.8 Å². The van der Waals surface area contributed by atoms with Crippen LogP contribution in [0.4, 0.5) is 10.8 Å². The van der Waals surface area contributed by atoms with E-state index in [1.165, 1.54) is 11.3 Å². The fraction of sp³-hybridized carbons (Fsp3) is 0.286. The number of carbonyl (C=O) groups excluding carboxylic acids is 1. The van der Waals surface area contributed by atoms with Gasteiger partial charge in [-0.2, -0.15) is 0 Å². The van der Waals surface area contributed by atoms with Gasteiger partial charge in [0, 0.05) is 22.3 Å². The third-order valence-corrected chi connectivity index (χ3v) is 4.00. The summed E-state index contributed by atoms with van der Waals surface area (Å²) in [7, 11) is 0. The SMILES string of the molecule is CC[C@H](Nc1ccc(C)c(Cl)c1)C(=O)Nc1nccs1. The van der Waals surface area contributed by atoms with E-state index in [2.05, 4.69) is 15.6 Å². The predicted octanol–water partition coefficient (Wildman–Crippen LogP) is 3.93. The second-order valence-electron chi connectivity index (χ2n) is 4.40. The summed E-state index contributed by atoms with van der Waals surface area (Å²) in [6, 6.07) is 5.35. The number of nitrogens with one attached hydrogen (secondary N) is 2. The van der Waals surface area contributed by atoms with Crippen molar-refractivity contribution in [2.45, 2.75) is 26.3 Å². The lowest BCUT2D eigenvalue weighted by molar-refractivity contribution is -0.116. The van der Waals surface area contributed by atoms with Gasteiger partial charge >= 0.3 is 0 Å². The number of carbonyl (C=O) groups is 1. The number of anilines is 2. The summed E-state index contributed by atoms with van der Waals surface area (Å²) in [6.45, 7) is 3.90. The summed E-state index contributed by atoms with van der Waals surface area (Å²) in [5.74, 6) is -0.0980. The van der Waals surface area contributed by atoms with Crippen molar-refractivity contribution >= 4 is 39.7 Å². The zero-order valence-corrected chi connectivity index (χ0v) is 12.9. The number of hydrogen-bond acceptors (Lipinski definition) is 4. The number of thiazole rings is 1. The highest BCUT2D eigenvalue weighted by Gasteiger charge is 2.17. The first-order valence-corrected chi connectivity index (χ1v) is 7.59. The zero-order valence-electron chi connectivity index (χ0n) is 11.3. The topological polar surface area (TPSA) is 54.0 Å². The van der Waals surface area contributed by atoms with Gasteiger partial charge < -0.3 is 10.6 Å². The van der Waals surface area contributed by atoms with Gasteiger partial charge in [-0.25, -0.2) is 4.98 Å². The van der Waals surface area contributed by atoms with Crippen LogP contribution in [0.3, 0.4) is 0 Å². The molecule has 2 rings (SSSR count). The Bertz CT molecular complexity index is 586. The van der Waals surface area contributed by atoms with E-state index in [4.69, 9.17) is 11.6 Å². The van der Waals surface area contributed by atoms with Crippen LogP contribution >= 0.6 is 22.9 Å². The van der Waals surface area contributed by atoms with Gasteiger partial charge in [0.25, 0.3) is 0 Å². The summed E-state index contributed by atoms with van der Waals surface area (Å²) in [4.78, 5) is 16.2. The number of rotatable bonds is 5. The molecule has 0 aliphatic rings. The number of nitrogens with zero attached hydrogens (tertiary/aromatic N) is 1. The number of aryl methyl sites for hydroxylation is 1. The average Bonchev–Trinajstić information content (AvgIpc) is 2.92. The lowest BCUT2D eigenvalue weighted by Gasteiger charge is -2.17. The van der Waals surface area contributed by atoms with E-state index in [-0.39, 0.29) is 11.9 Å². The molecule has 1 aromatic carbocycles. The van der Waals surface area contributed by atoms with Crippen molar-refractivity contribution in [3.05, 3.63) is 40.4 Å². The largest absolute Gasteiger partial charge is 0.374 e. The molecule has 0 fully saturated rings. The molecule has 6 heteroatoms. The van der Waals surface area contributed by atoms with Crippen molar-refractivity contribution in [1.29, 1.82) is 0 Å². The van der Waals surface area contributed by atoms with E-state index < -0.39 is 0 Å². The fourth-order valence-electron chi connectivity index (χ4n) is 1.71. The van der Waals surface area contributed by atoms with Crippen LogP contribution in [0.25, 0.3) is 0 Å². The molecule has 106 valence electrons. The Morgan fingerprint density at radius 3 is 2.90 bits per heavy atom. The minimum absolute atomic E-state index is 0.0980. The highest BCUT2D eigenvalue weighted by molar-refractivity contribution is 7.13. The van der Waals surface area contributed by atoms with Crippen LogP contribution in [0.1, 0.15) is 18.9 Å². The van der Waals surface area contributed by atoms with Crippen molar-refractivity contribution in [2.24, 2.45) is 0 Å². The Kier molecular flexibility index (Phi) is 4.98. The van der Waals surface area contributed by atoms with E-state index in [0.29, 0.717) is 16.6 Å². The molecule has 20 heavy (non-hydrogen) atoms. The number of benzene rings is 1. The zero-order chi connectivity index (χ0) is 14.5. The van der Waals surface area contributed by atoms with Crippen molar-refractivity contribution in [1.82, 2.24) is 4.98 Å². The third-order valence-electron chi connectivity index (χ3n) is 2.90. The quantitative estimate of drug-likeness (QED) is 0.879. The first-order valence-electron chi connectivity index (χ1n) is 6.33. The molecule has 4 nitrogen and oxygen atoms in total. The molecule has 0 unspecified atom stereocenters. The Morgan fingerprint density at radius 1 is 1.50 bits per heavy atom. The van der Waals surface area contributed by atoms with Crippen LogP contribution in [0.5, 0.6) is 0 Å². The molecule has 0 saturated carbocycles. The second kappa shape index (κ2) is 6.72.